The van der Waals surface area contributed by atoms with E-state index in [0.717, 1.165) is 17.8 Å². The molecule has 184 valence electrons. The molecular formula is C27H32N4O4. The number of carbonyl (C=O) groups excluding carboxylic acids is 3. The summed E-state index contributed by atoms with van der Waals surface area (Å²) in [6.07, 6.45) is 11.2. The summed E-state index contributed by atoms with van der Waals surface area (Å²) in [6, 6.07) is 8.33. The number of amides is 3. The second-order valence-corrected chi connectivity index (χ2v) is 10.5. The Bertz CT molecular complexity index is 1080. The summed E-state index contributed by atoms with van der Waals surface area (Å²) >= 11 is 0. The van der Waals surface area contributed by atoms with Crippen molar-refractivity contribution in [3.63, 3.8) is 0 Å². The molecule has 0 spiro atoms. The van der Waals surface area contributed by atoms with Crippen LogP contribution in [-0.2, 0) is 9.59 Å². The van der Waals surface area contributed by atoms with Gasteiger partial charge in [-0.05, 0) is 86.0 Å². The molecule has 0 radical (unpaired) electrons. The predicted octanol–water partition coefficient (Wildman–Crippen LogP) is 4.00. The predicted molar refractivity (Wildman–Crippen MR) is 132 cm³/mol. The molecule has 2 aromatic rings. The summed E-state index contributed by atoms with van der Waals surface area (Å²) < 4.78 is 5.39. The number of benzene rings is 1. The molecule has 0 atom stereocenters. The zero-order valence-corrected chi connectivity index (χ0v) is 20.0. The Kier molecular flexibility index (Phi) is 6.45. The molecule has 0 aliphatic heterocycles. The number of ether oxygens (including phenoxy) is 1. The molecule has 3 N–H and O–H groups in total. The van der Waals surface area contributed by atoms with Gasteiger partial charge in [-0.15, -0.1) is 0 Å². The third-order valence-electron chi connectivity index (χ3n) is 7.80. The Hall–Kier alpha value is -3.42. The van der Waals surface area contributed by atoms with Crippen molar-refractivity contribution in [2.75, 3.05) is 24.3 Å². The first-order valence-electron chi connectivity index (χ1n) is 12.4. The Morgan fingerprint density at radius 2 is 1.71 bits per heavy atom. The minimum absolute atomic E-state index is 0.0341. The Morgan fingerprint density at radius 1 is 1.00 bits per heavy atom. The van der Waals surface area contributed by atoms with Crippen LogP contribution in [0.4, 0.5) is 11.4 Å². The average molecular weight is 477 g/mol. The van der Waals surface area contributed by atoms with Crippen molar-refractivity contribution in [1.82, 2.24) is 10.3 Å². The van der Waals surface area contributed by atoms with E-state index in [1.165, 1.54) is 51.8 Å². The lowest BCUT2D eigenvalue weighted by molar-refractivity contribution is -0.131. The Balaban J connectivity index is 1.13. The molecule has 8 nitrogen and oxygen atoms in total. The molecule has 4 aliphatic rings. The van der Waals surface area contributed by atoms with Crippen molar-refractivity contribution in [1.29, 1.82) is 0 Å². The molecule has 1 heterocycles. The largest absolute Gasteiger partial charge is 0.494 e. The first kappa shape index (κ1) is 23.3. The van der Waals surface area contributed by atoms with Gasteiger partial charge in [-0.25, -0.2) is 0 Å². The van der Waals surface area contributed by atoms with E-state index in [1.807, 2.05) is 0 Å². The number of nitrogens with one attached hydrogen (secondary N) is 3. The molecule has 0 saturated heterocycles. The van der Waals surface area contributed by atoms with Gasteiger partial charge >= 0.3 is 0 Å². The van der Waals surface area contributed by atoms with Crippen molar-refractivity contribution in [2.45, 2.75) is 44.9 Å². The number of methoxy groups -OCH3 is 1. The van der Waals surface area contributed by atoms with Crippen LogP contribution in [0.3, 0.4) is 0 Å². The van der Waals surface area contributed by atoms with Crippen molar-refractivity contribution in [2.24, 2.45) is 23.2 Å². The van der Waals surface area contributed by atoms with Crippen LogP contribution in [0, 0.1) is 23.2 Å². The number of anilines is 2. The summed E-state index contributed by atoms with van der Waals surface area (Å²) in [5, 5.41) is 8.39. The van der Waals surface area contributed by atoms with Crippen molar-refractivity contribution < 1.29 is 19.1 Å². The van der Waals surface area contributed by atoms with Crippen LogP contribution in [0.5, 0.6) is 5.75 Å². The van der Waals surface area contributed by atoms with Crippen LogP contribution in [0.25, 0.3) is 0 Å². The first-order valence-corrected chi connectivity index (χ1v) is 12.4. The Morgan fingerprint density at radius 3 is 2.34 bits per heavy atom. The van der Waals surface area contributed by atoms with Crippen molar-refractivity contribution in [3.8, 4) is 5.75 Å². The fourth-order valence-corrected chi connectivity index (χ4v) is 6.86. The molecule has 4 aliphatic carbocycles. The molecule has 35 heavy (non-hydrogen) atoms. The highest BCUT2D eigenvalue weighted by Gasteiger charge is 2.51. The summed E-state index contributed by atoms with van der Waals surface area (Å²) in [5.41, 5.74) is 1.57. The highest BCUT2D eigenvalue weighted by atomic mass is 16.5. The van der Waals surface area contributed by atoms with Gasteiger partial charge in [-0.2, -0.15) is 0 Å². The van der Waals surface area contributed by atoms with Crippen molar-refractivity contribution >= 4 is 29.1 Å². The molecule has 0 unspecified atom stereocenters. The van der Waals surface area contributed by atoms with Gasteiger partial charge < -0.3 is 20.7 Å². The highest BCUT2D eigenvalue weighted by Crippen LogP contribution is 2.61. The molecule has 4 bridgehead atoms. The van der Waals surface area contributed by atoms with Gasteiger partial charge in [0, 0.05) is 30.6 Å². The fourth-order valence-electron chi connectivity index (χ4n) is 6.86. The topological polar surface area (TPSA) is 109 Å². The number of nitrogens with zero attached hydrogens (tertiary/aromatic N) is 1. The van der Waals surface area contributed by atoms with Crippen LogP contribution in [0.2, 0.25) is 0 Å². The quantitative estimate of drug-likeness (QED) is 0.534. The third-order valence-corrected chi connectivity index (χ3v) is 7.80. The lowest BCUT2D eigenvalue weighted by Gasteiger charge is -2.56. The second kappa shape index (κ2) is 9.68. The van der Waals surface area contributed by atoms with Gasteiger partial charge in [0.2, 0.25) is 11.8 Å². The number of carbonyl (C=O) groups is 3. The lowest BCUT2D eigenvalue weighted by Crippen LogP contribution is -2.48. The fraction of sp³-hybridized carbons (Fsp3) is 0.481. The molecule has 1 aromatic carbocycles. The van der Waals surface area contributed by atoms with Gasteiger partial charge in [0.15, 0.2) is 0 Å². The summed E-state index contributed by atoms with van der Waals surface area (Å²) in [6.45, 7) is -0.0764. The molecular weight excluding hydrogens is 444 g/mol. The van der Waals surface area contributed by atoms with Crippen LogP contribution in [-0.4, -0.2) is 36.4 Å². The standard InChI is InChI=1S/C27H32N4O4/c1-35-23-10-21(4-5-22(23)31-26(34)20-3-2-6-28-15-20)30-25(33)16-29-24(32)14-27-11-17-7-18(12-27)9-19(8-17)13-27/h2-6,10,15,17-19H,7-9,11-14,16H2,1H3,(H,29,32)(H,30,33)(H,31,34). The zero-order valence-electron chi connectivity index (χ0n) is 20.0. The van der Waals surface area contributed by atoms with E-state index >= 15 is 0 Å². The molecule has 4 fully saturated rings. The number of rotatable bonds is 8. The van der Waals surface area contributed by atoms with Crippen LogP contribution >= 0.6 is 0 Å². The van der Waals surface area contributed by atoms with Crippen LogP contribution < -0.4 is 20.7 Å². The van der Waals surface area contributed by atoms with Gasteiger partial charge in [0.25, 0.3) is 5.91 Å². The molecule has 3 amide bonds. The Labute approximate surface area is 205 Å². The van der Waals surface area contributed by atoms with E-state index in [1.54, 1.807) is 36.5 Å². The number of aromatic nitrogens is 1. The zero-order chi connectivity index (χ0) is 24.4. The van der Waals surface area contributed by atoms with Crippen molar-refractivity contribution in [3.05, 3.63) is 48.3 Å². The number of pyridine rings is 1. The SMILES string of the molecule is COc1cc(NC(=O)CNC(=O)CC23CC4CC(CC(C4)C2)C3)ccc1NC(=O)c1cccnc1. The highest BCUT2D eigenvalue weighted by molar-refractivity contribution is 6.05. The van der Waals surface area contributed by atoms with Crippen LogP contribution in [0.15, 0.2) is 42.7 Å². The van der Waals surface area contributed by atoms with Gasteiger partial charge in [-0.3, -0.25) is 19.4 Å². The van der Waals surface area contributed by atoms with E-state index in [0.29, 0.717) is 29.1 Å². The maximum absolute atomic E-state index is 12.7. The average Bonchev–Trinajstić information content (AvgIpc) is 2.83. The summed E-state index contributed by atoms with van der Waals surface area (Å²) in [7, 11) is 1.49. The van der Waals surface area contributed by atoms with Gasteiger partial charge in [-0.1, -0.05) is 0 Å². The maximum Gasteiger partial charge on any atom is 0.257 e. The van der Waals surface area contributed by atoms with E-state index in [9.17, 15) is 14.4 Å². The third kappa shape index (κ3) is 5.31. The van der Waals surface area contributed by atoms with Gasteiger partial charge in [0.1, 0.15) is 5.75 Å². The minimum Gasteiger partial charge on any atom is -0.494 e. The molecule has 6 rings (SSSR count). The molecule has 1 aromatic heterocycles. The number of hydrogen-bond acceptors (Lipinski definition) is 5. The summed E-state index contributed by atoms with van der Waals surface area (Å²) in [4.78, 5) is 41.5. The minimum atomic E-state index is -0.310. The van der Waals surface area contributed by atoms with E-state index in [4.69, 9.17) is 4.74 Å². The maximum atomic E-state index is 12.7. The van der Waals surface area contributed by atoms with E-state index < -0.39 is 0 Å². The van der Waals surface area contributed by atoms with E-state index in [2.05, 4.69) is 20.9 Å². The summed E-state index contributed by atoms with van der Waals surface area (Å²) in [5.74, 6) is 2.14. The molecule has 8 heteroatoms. The number of hydrogen-bond donors (Lipinski definition) is 3. The monoisotopic (exact) mass is 476 g/mol. The lowest BCUT2D eigenvalue weighted by atomic mass is 9.49. The smallest absolute Gasteiger partial charge is 0.257 e. The normalized spacial score (nSPS) is 26.1. The van der Waals surface area contributed by atoms with Gasteiger partial charge in [0.05, 0.1) is 24.9 Å². The second-order valence-electron chi connectivity index (χ2n) is 10.5. The van der Waals surface area contributed by atoms with Crippen LogP contribution in [0.1, 0.15) is 55.3 Å². The van der Waals surface area contributed by atoms with E-state index in [-0.39, 0.29) is 29.7 Å². The molecule has 4 saturated carbocycles. The first-order chi connectivity index (χ1) is 16.9.